The molecule has 3 aromatic rings. The molecule has 6 nitrogen and oxygen atoms in total. The van der Waals surface area contributed by atoms with Crippen molar-refractivity contribution in [3.63, 3.8) is 0 Å². The fourth-order valence-corrected chi connectivity index (χ4v) is 5.04. The summed E-state index contributed by atoms with van der Waals surface area (Å²) in [7, 11) is 3.27. The van der Waals surface area contributed by atoms with Gasteiger partial charge >= 0.3 is 0 Å². The van der Waals surface area contributed by atoms with Crippen LogP contribution >= 0.6 is 0 Å². The van der Waals surface area contributed by atoms with Gasteiger partial charge in [0, 0.05) is 23.7 Å². The van der Waals surface area contributed by atoms with Crippen LogP contribution in [0.1, 0.15) is 34.2 Å². The van der Waals surface area contributed by atoms with E-state index < -0.39 is 0 Å². The van der Waals surface area contributed by atoms with Gasteiger partial charge in [0.25, 0.3) is 5.69 Å². The minimum absolute atomic E-state index is 0.0520. The summed E-state index contributed by atoms with van der Waals surface area (Å²) in [5.41, 5.74) is 5.74. The van der Waals surface area contributed by atoms with Crippen molar-refractivity contribution < 1.29 is 14.4 Å². The quantitative estimate of drug-likeness (QED) is 0.486. The molecule has 152 valence electrons. The highest BCUT2D eigenvalue weighted by Gasteiger charge is 2.43. The summed E-state index contributed by atoms with van der Waals surface area (Å²) in [6.45, 7) is 0. The molecule has 0 saturated heterocycles. The van der Waals surface area contributed by atoms with Gasteiger partial charge in [0.05, 0.1) is 25.2 Å². The summed E-state index contributed by atoms with van der Waals surface area (Å²) < 4.78 is 10.9. The minimum Gasteiger partial charge on any atom is -0.493 e. The first kappa shape index (κ1) is 18.5. The van der Waals surface area contributed by atoms with Crippen molar-refractivity contribution in [1.29, 1.82) is 0 Å². The average Bonchev–Trinajstić information content (AvgIpc) is 3.17. The number of fused-ring (bicyclic) bond motifs is 5. The number of non-ortho nitro benzene ring substituents is 1. The van der Waals surface area contributed by atoms with Crippen LogP contribution in [0.3, 0.4) is 0 Å². The molecule has 0 bridgehead atoms. The molecule has 1 aliphatic carbocycles. The van der Waals surface area contributed by atoms with Gasteiger partial charge in [-0.05, 0) is 52.8 Å². The Balaban J connectivity index is 1.65. The predicted octanol–water partition coefficient (Wildman–Crippen LogP) is 5.08. The number of ether oxygens (including phenoxy) is 2. The number of nitro benzene ring substituents is 1. The Hall–Kier alpha value is -3.54. The first-order valence-electron chi connectivity index (χ1n) is 9.95. The van der Waals surface area contributed by atoms with Crippen LogP contribution in [0.25, 0.3) is 0 Å². The molecule has 1 N–H and O–H groups in total. The van der Waals surface area contributed by atoms with Crippen molar-refractivity contribution in [3.8, 4) is 11.5 Å². The second-order valence-corrected chi connectivity index (χ2v) is 7.81. The third-order valence-corrected chi connectivity index (χ3v) is 6.36. The highest BCUT2D eigenvalue weighted by molar-refractivity contribution is 5.65. The summed E-state index contributed by atoms with van der Waals surface area (Å²) in [4.78, 5) is 11.1. The lowest BCUT2D eigenvalue weighted by atomic mass is 9.75. The number of benzene rings is 3. The van der Waals surface area contributed by atoms with Crippen molar-refractivity contribution in [2.45, 2.75) is 18.4 Å². The molecule has 5 rings (SSSR count). The summed E-state index contributed by atoms with van der Waals surface area (Å²) >= 11 is 0. The first-order valence-corrected chi connectivity index (χ1v) is 9.95. The van der Waals surface area contributed by atoms with E-state index in [1.807, 2.05) is 24.3 Å². The van der Waals surface area contributed by atoms with Gasteiger partial charge in [-0.1, -0.05) is 30.3 Å². The Kier molecular flexibility index (Phi) is 4.35. The number of hydrogen-bond acceptors (Lipinski definition) is 5. The van der Waals surface area contributed by atoms with Gasteiger partial charge in [0.1, 0.15) is 0 Å². The smallest absolute Gasteiger partial charge is 0.269 e. The van der Waals surface area contributed by atoms with Crippen LogP contribution in [0, 0.1) is 16.0 Å². The van der Waals surface area contributed by atoms with Crippen molar-refractivity contribution >= 4 is 11.4 Å². The Morgan fingerprint density at radius 3 is 2.53 bits per heavy atom. The van der Waals surface area contributed by atoms with Crippen LogP contribution in [0.2, 0.25) is 0 Å². The fourth-order valence-electron chi connectivity index (χ4n) is 5.04. The molecule has 0 saturated carbocycles. The van der Waals surface area contributed by atoms with Crippen molar-refractivity contribution in [1.82, 2.24) is 0 Å². The largest absolute Gasteiger partial charge is 0.493 e. The lowest BCUT2D eigenvalue weighted by molar-refractivity contribution is -0.384. The van der Waals surface area contributed by atoms with Gasteiger partial charge in [0.15, 0.2) is 11.5 Å². The number of nitrogens with one attached hydrogen (secondary N) is 1. The maximum Gasteiger partial charge on any atom is 0.269 e. The fraction of sp³-hybridized carbons (Fsp3) is 0.250. The van der Waals surface area contributed by atoms with Crippen molar-refractivity contribution in [3.05, 3.63) is 93.0 Å². The van der Waals surface area contributed by atoms with Gasteiger partial charge in [-0.3, -0.25) is 10.1 Å². The van der Waals surface area contributed by atoms with Crippen LogP contribution < -0.4 is 14.8 Å². The molecule has 0 spiro atoms. The van der Waals surface area contributed by atoms with Crippen LogP contribution in [-0.2, 0) is 6.42 Å². The molecule has 0 unspecified atom stereocenters. The van der Waals surface area contributed by atoms with E-state index in [2.05, 4.69) is 29.6 Å². The van der Waals surface area contributed by atoms with Gasteiger partial charge in [-0.25, -0.2) is 0 Å². The minimum atomic E-state index is -0.323. The third kappa shape index (κ3) is 2.79. The summed E-state index contributed by atoms with van der Waals surface area (Å²) in [6, 6.07) is 19.6. The summed E-state index contributed by atoms with van der Waals surface area (Å²) in [6.07, 6.45) is 0.912. The topological polar surface area (TPSA) is 73.6 Å². The summed E-state index contributed by atoms with van der Waals surface area (Å²) in [5.74, 6) is 1.74. The molecule has 6 heteroatoms. The molecule has 1 heterocycles. The van der Waals surface area contributed by atoms with Crippen LogP contribution in [0.5, 0.6) is 11.5 Å². The van der Waals surface area contributed by atoms with Crippen LogP contribution in [-0.4, -0.2) is 19.1 Å². The van der Waals surface area contributed by atoms with Gasteiger partial charge in [0.2, 0.25) is 0 Å². The molecule has 1 aliphatic heterocycles. The average molecular weight is 402 g/mol. The molecular weight excluding hydrogens is 380 g/mol. The van der Waals surface area contributed by atoms with E-state index in [-0.39, 0.29) is 28.5 Å². The van der Waals surface area contributed by atoms with Crippen LogP contribution in [0.15, 0.2) is 60.7 Å². The number of nitro groups is 1. The summed E-state index contributed by atoms with van der Waals surface area (Å²) in [5, 5.41) is 15.1. The molecule has 0 fully saturated rings. The standard InChI is InChI=1S/C24H22N2O4/c1-29-21-10-7-15(12-22(21)30-2)24-19-11-14-5-3-4-6-17(14)23(19)18-13-16(26(27)28)8-9-20(18)25-24/h3-10,12-13,19,23-25H,11H2,1-2H3/t19-,23-,24-/m0/s1. The molecule has 3 aromatic carbocycles. The van der Waals surface area contributed by atoms with Gasteiger partial charge in [-0.2, -0.15) is 0 Å². The maximum atomic E-state index is 11.4. The van der Waals surface area contributed by atoms with E-state index in [9.17, 15) is 10.1 Å². The predicted molar refractivity (Wildman–Crippen MR) is 114 cm³/mol. The van der Waals surface area contributed by atoms with Gasteiger partial charge in [-0.15, -0.1) is 0 Å². The monoisotopic (exact) mass is 402 g/mol. The van der Waals surface area contributed by atoms with Gasteiger partial charge < -0.3 is 14.8 Å². The van der Waals surface area contributed by atoms with E-state index in [1.165, 1.54) is 11.1 Å². The third-order valence-electron chi connectivity index (χ3n) is 6.36. The number of nitrogens with zero attached hydrogens (tertiary/aromatic N) is 1. The first-order chi connectivity index (χ1) is 14.6. The SMILES string of the molecule is COc1ccc([C@@H]2Nc3ccc([N+](=O)[O-])cc3[C@@H]3c4ccccc4C[C@@H]32)cc1OC. The number of rotatable bonds is 4. The molecule has 0 aromatic heterocycles. The zero-order chi connectivity index (χ0) is 20.8. The Morgan fingerprint density at radius 1 is 0.967 bits per heavy atom. The Bertz CT molecular complexity index is 1140. The van der Waals surface area contributed by atoms with E-state index in [4.69, 9.17) is 9.47 Å². The number of anilines is 1. The lowest BCUT2D eigenvalue weighted by Gasteiger charge is -2.38. The molecule has 0 radical (unpaired) electrons. The zero-order valence-electron chi connectivity index (χ0n) is 16.8. The Labute approximate surface area is 174 Å². The maximum absolute atomic E-state index is 11.4. The van der Waals surface area contributed by atoms with E-state index in [1.54, 1.807) is 26.4 Å². The molecule has 30 heavy (non-hydrogen) atoms. The van der Waals surface area contributed by atoms with Crippen molar-refractivity contribution in [2.24, 2.45) is 5.92 Å². The normalized spacial score (nSPS) is 21.1. The van der Waals surface area contributed by atoms with E-state index in [0.29, 0.717) is 11.5 Å². The molecule has 3 atom stereocenters. The highest BCUT2D eigenvalue weighted by atomic mass is 16.6. The second-order valence-electron chi connectivity index (χ2n) is 7.81. The lowest BCUT2D eigenvalue weighted by Crippen LogP contribution is -2.30. The molecule has 0 amide bonds. The zero-order valence-corrected chi connectivity index (χ0v) is 16.8. The van der Waals surface area contributed by atoms with E-state index in [0.717, 1.165) is 23.2 Å². The van der Waals surface area contributed by atoms with Crippen molar-refractivity contribution in [2.75, 3.05) is 19.5 Å². The van der Waals surface area contributed by atoms with Crippen LogP contribution in [0.4, 0.5) is 11.4 Å². The molecular formula is C24H22N2O4. The van der Waals surface area contributed by atoms with E-state index >= 15 is 0 Å². The number of hydrogen-bond donors (Lipinski definition) is 1. The number of methoxy groups -OCH3 is 2. The Morgan fingerprint density at radius 2 is 1.77 bits per heavy atom. The second kappa shape index (κ2) is 7.06. The highest BCUT2D eigenvalue weighted by Crippen LogP contribution is 2.54. The molecule has 2 aliphatic rings.